The molecule has 0 bridgehead atoms. The van der Waals surface area contributed by atoms with Crippen LogP contribution in [0.5, 0.6) is 0 Å². The Kier molecular flexibility index (Phi) is 5.47. The van der Waals surface area contributed by atoms with Crippen molar-refractivity contribution in [1.29, 1.82) is 0 Å². The van der Waals surface area contributed by atoms with Gasteiger partial charge in [0, 0.05) is 37.3 Å². The van der Waals surface area contributed by atoms with Crippen LogP contribution in [0.25, 0.3) is 16.9 Å². The molecule has 2 aromatic carbocycles. The standard InChI is InChI=1S/C23H26N4O2/c1-15-8-9-17(10-16(15)2)22-20(14-27(26-22)19-6-4-3-5-7-19)23(29)25-12-18-11-24-13-21(18)28/h3-10,14,18,21,24,28H,11-13H2,1-2H3,(H,25,29). The highest BCUT2D eigenvalue weighted by molar-refractivity contribution is 6.00. The summed E-state index contributed by atoms with van der Waals surface area (Å²) in [5, 5.41) is 20.8. The molecule has 6 nitrogen and oxygen atoms in total. The van der Waals surface area contributed by atoms with E-state index in [0.29, 0.717) is 30.9 Å². The van der Waals surface area contributed by atoms with Crippen LogP contribution in [0, 0.1) is 19.8 Å². The van der Waals surface area contributed by atoms with Gasteiger partial charge in [-0.05, 0) is 43.2 Å². The first kappa shape index (κ1) is 19.4. The van der Waals surface area contributed by atoms with Crippen molar-refractivity contribution in [2.24, 2.45) is 5.92 Å². The summed E-state index contributed by atoms with van der Waals surface area (Å²) < 4.78 is 1.74. The van der Waals surface area contributed by atoms with Crippen molar-refractivity contribution in [3.63, 3.8) is 0 Å². The van der Waals surface area contributed by atoms with Crippen LogP contribution in [-0.2, 0) is 0 Å². The van der Waals surface area contributed by atoms with Crippen LogP contribution in [0.15, 0.2) is 54.7 Å². The summed E-state index contributed by atoms with van der Waals surface area (Å²) in [6.07, 6.45) is 1.35. The molecule has 4 rings (SSSR count). The van der Waals surface area contributed by atoms with E-state index in [0.717, 1.165) is 16.8 Å². The Balaban J connectivity index is 1.67. The molecule has 1 saturated heterocycles. The first-order valence-corrected chi connectivity index (χ1v) is 9.92. The van der Waals surface area contributed by atoms with Crippen molar-refractivity contribution in [2.75, 3.05) is 19.6 Å². The highest BCUT2D eigenvalue weighted by atomic mass is 16.3. The van der Waals surface area contributed by atoms with Gasteiger partial charge < -0.3 is 15.7 Å². The summed E-state index contributed by atoms with van der Waals surface area (Å²) in [5.41, 5.74) is 5.34. The Bertz CT molecular complexity index is 1010. The maximum Gasteiger partial charge on any atom is 0.255 e. The average molecular weight is 390 g/mol. The van der Waals surface area contributed by atoms with Crippen LogP contribution in [0.4, 0.5) is 0 Å². The van der Waals surface area contributed by atoms with Gasteiger partial charge in [0.2, 0.25) is 0 Å². The lowest BCUT2D eigenvalue weighted by Gasteiger charge is -2.14. The SMILES string of the molecule is Cc1ccc(-c2nn(-c3ccccc3)cc2C(=O)NCC2CNCC2O)cc1C. The number of amides is 1. The van der Waals surface area contributed by atoms with Crippen molar-refractivity contribution in [3.8, 4) is 16.9 Å². The molecule has 2 heterocycles. The van der Waals surface area contributed by atoms with E-state index in [1.54, 1.807) is 10.9 Å². The molecule has 3 N–H and O–H groups in total. The highest BCUT2D eigenvalue weighted by Crippen LogP contribution is 2.26. The van der Waals surface area contributed by atoms with Gasteiger partial charge in [-0.25, -0.2) is 4.68 Å². The molecule has 3 aromatic rings. The molecule has 0 aliphatic carbocycles. The minimum Gasteiger partial charge on any atom is -0.391 e. The molecule has 1 fully saturated rings. The molecule has 1 aliphatic rings. The Labute approximate surface area is 170 Å². The number of aliphatic hydroxyl groups excluding tert-OH is 1. The second-order valence-corrected chi connectivity index (χ2v) is 7.67. The quantitative estimate of drug-likeness (QED) is 0.625. The number of β-amino-alcohol motifs (C(OH)–C–C–N with tert-alkyl or cyclic N) is 1. The predicted octanol–water partition coefficient (Wildman–Crippen LogP) is 2.47. The molecule has 0 spiro atoms. The Morgan fingerprint density at radius 1 is 1.17 bits per heavy atom. The van der Waals surface area contributed by atoms with Crippen molar-refractivity contribution in [3.05, 3.63) is 71.4 Å². The van der Waals surface area contributed by atoms with E-state index in [9.17, 15) is 9.90 Å². The number of nitrogens with one attached hydrogen (secondary N) is 2. The van der Waals surface area contributed by atoms with Crippen LogP contribution in [0.2, 0.25) is 0 Å². The van der Waals surface area contributed by atoms with E-state index in [1.165, 1.54) is 5.56 Å². The summed E-state index contributed by atoms with van der Waals surface area (Å²) >= 11 is 0. The van der Waals surface area contributed by atoms with Gasteiger partial charge in [0.05, 0.1) is 17.4 Å². The lowest BCUT2D eigenvalue weighted by atomic mass is 10.0. The molecule has 150 valence electrons. The number of carbonyl (C=O) groups excluding carboxylic acids is 1. The largest absolute Gasteiger partial charge is 0.391 e. The summed E-state index contributed by atoms with van der Waals surface area (Å²) in [5.74, 6) is -0.160. The van der Waals surface area contributed by atoms with Crippen molar-refractivity contribution in [2.45, 2.75) is 20.0 Å². The van der Waals surface area contributed by atoms with Crippen LogP contribution in [0.3, 0.4) is 0 Å². The number of rotatable bonds is 5. The monoisotopic (exact) mass is 390 g/mol. The molecule has 0 saturated carbocycles. The van der Waals surface area contributed by atoms with Gasteiger partial charge in [-0.15, -0.1) is 0 Å². The second kappa shape index (κ2) is 8.19. The zero-order valence-electron chi connectivity index (χ0n) is 16.7. The van der Waals surface area contributed by atoms with E-state index in [2.05, 4.69) is 36.6 Å². The fourth-order valence-electron chi connectivity index (χ4n) is 3.60. The zero-order valence-corrected chi connectivity index (χ0v) is 16.7. The summed E-state index contributed by atoms with van der Waals surface area (Å²) in [6, 6.07) is 15.9. The van der Waals surface area contributed by atoms with E-state index in [1.807, 2.05) is 36.4 Å². The molecular weight excluding hydrogens is 364 g/mol. The topological polar surface area (TPSA) is 79.2 Å². The molecule has 1 aliphatic heterocycles. The molecule has 6 heteroatoms. The zero-order chi connectivity index (χ0) is 20.4. The number of hydrogen-bond donors (Lipinski definition) is 3. The normalized spacial score (nSPS) is 18.7. The molecule has 1 aromatic heterocycles. The number of para-hydroxylation sites is 1. The van der Waals surface area contributed by atoms with Gasteiger partial charge in [-0.2, -0.15) is 5.10 Å². The molecule has 2 atom stereocenters. The van der Waals surface area contributed by atoms with Gasteiger partial charge in [-0.3, -0.25) is 4.79 Å². The molecule has 0 radical (unpaired) electrons. The summed E-state index contributed by atoms with van der Waals surface area (Å²) in [4.78, 5) is 13.0. The number of aromatic nitrogens is 2. The number of aryl methyl sites for hydroxylation is 2. The van der Waals surface area contributed by atoms with Gasteiger partial charge >= 0.3 is 0 Å². The minimum atomic E-state index is -0.429. The van der Waals surface area contributed by atoms with E-state index >= 15 is 0 Å². The maximum atomic E-state index is 13.0. The predicted molar refractivity (Wildman–Crippen MR) is 113 cm³/mol. The van der Waals surface area contributed by atoms with Crippen LogP contribution in [-0.4, -0.2) is 46.5 Å². The van der Waals surface area contributed by atoms with Crippen LogP contribution < -0.4 is 10.6 Å². The lowest BCUT2D eigenvalue weighted by molar-refractivity contribution is 0.0927. The Hall–Kier alpha value is -2.96. The van der Waals surface area contributed by atoms with Crippen molar-refractivity contribution < 1.29 is 9.90 Å². The van der Waals surface area contributed by atoms with Gasteiger partial charge in [0.1, 0.15) is 5.69 Å². The third-order valence-corrected chi connectivity index (χ3v) is 5.59. The number of benzene rings is 2. The fraction of sp³-hybridized carbons (Fsp3) is 0.304. The molecule has 2 unspecified atom stereocenters. The van der Waals surface area contributed by atoms with Crippen LogP contribution >= 0.6 is 0 Å². The lowest BCUT2D eigenvalue weighted by Crippen LogP contribution is -2.34. The van der Waals surface area contributed by atoms with Crippen LogP contribution in [0.1, 0.15) is 21.5 Å². The number of aliphatic hydroxyl groups is 1. The number of nitrogens with zero attached hydrogens (tertiary/aromatic N) is 2. The van der Waals surface area contributed by atoms with Crippen molar-refractivity contribution in [1.82, 2.24) is 20.4 Å². The Morgan fingerprint density at radius 3 is 2.66 bits per heavy atom. The average Bonchev–Trinajstić information content (AvgIpc) is 3.35. The van der Waals surface area contributed by atoms with Gasteiger partial charge in [-0.1, -0.05) is 30.3 Å². The highest BCUT2D eigenvalue weighted by Gasteiger charge is 2.26. The van der Waals surface area contributed by atoms with Gasteiger partial charge in [0.25, 0.3) is 5.91 Å². The fourth-order valence-corrected chi connectivity index (χ4v) is 3.60. The number of carbonyl (C=O) groups is 1. The number of hydrogen-bond acceptors (Lipinski definition) is 4. The van der Waals surface area contributed by atoms with E-state index in [4.69, 9.17) is 5.10 Å². The third-order valence-electron chi connectivity index (χ3n) is 5.59. The molecular formula is C23H26N4O2. The molecule has 1 amide bonds. The Morgan fingerprint density at radius 2 is 1.97 bits per heavy atom. The minimum absolute atomic E-state index is 0.0215. The van der Waals surface area contributed by atoms with E-state index < -0.39 is 6.10 Å². The smallest absolute Gasteiger partial charge is 0.255 e. The third kappa shape index (κ3) is 4.09. The first-order valence-electron chi connectivity index (χ1n) is 9.92. The molecule has 29 heavy (non-hydrogen) atoms. The van der Waals surface area contributed by atoms with Gasteiger partial charge in [0.15, 0.2) is 0 Å². The maximum absolute atomic E-state index is 13.0. The second-order valence-electron chi connectivity index (χ2n) is 7.67. The first-order chi connectivity index (χ1) is 14.0. The van der Waals surface area contributed by atoms with E-state index in [-0.39, 0.29) is 11.8 Å². The summed E-state index contributed by atoms with van der Waals surface area (Å²) in [7, 11) is 0. The van der Waals surface area contributed by atoms with Crippen molar-refractivity contribution >= 4 is 5.91 Å². The summed E-state index contributed by atoms with van der Waals surface area (Å²) in [6.45, 7) is 5.82.